The van der Waals surface area contributed by atoms with Gasteiger partial charge in [-0.2, -0.15) is 0 Å². The standard InChI is InChI=1S/C21H25N3O2S/c1-2-3-10-24-20(26)17(19(25)22-21(24)27)13-14-11-15-6-4-8-23-9-5-7-16(12-14)18(15)23/h11-13H,2-10H2,1H3,(H,22,25,27)/b17-13+. The van der Waals surface area contributed by atoms with E-state index >= 15 is 0 Å². The Morgan fingerprint density at radius 1 is 1.15 bits per heavy atom. The highest BCUT2D eigenvalue weighted by Gasteiger charge is 2.33. The fourth-order valence-corrected chi connectivity index (χ4v) is 4.56. The van der Waals surface area contributed by atoms with E-state index in [1.807, 2.05) is 0 Å². The maximum atomic E-state index is 12.9. The van der Waals surface area contributed by atoms with Gasteiger partial charge in [0, 0.05) is 25.3 Å². The number of carbonyl (C=O) groups excluding carboxylic acids is 2. The SMILES string of the molecule is CCCCN1C(=O)/C(=C/c2cc3c4c(c2)CCCN4CCC3)C(=O)NC1=S. The predicted octanol–water partition coefficient (Wildman–Crippen LogP) is 2.81. The molecule has 1 fully saturated rings. The monoisotopic (exact) mass is 383 g/mol. The summed E-state index contributed by atoms with van der Waals surface area (Å²) in [7, 11) is 0. The van der Waals surface area contributed by atoms with E-state index in [9.17, 15) is 9.59 Å². The third-order valence-electron chi connectivity index (χ3n) is 5.59. The molecule has 4 rings (SSSR count). The molecule has 1 saturated heterocycles. The molecular formula is C21H25N3O2S. The normalized spacial score (nSPS) is 20.8. The van der Waals surface area contributed by atoms with Crippen LogP contribution in [0.5, 0.6) is 0 Å². The van der Waals surface area contributed by atoms with Crippen LogP contribution in [0.1, 0.15) is 49.3 Å². The summed E-state index contributed by atoms with van der Waals surface area (Å²) < 4.78 is 0. The van der Waals surface area contributed by atoms with Gasteiger partial charge in [0.2, 0.25) is 0 Å². The first-order chi connectivity index (χ1) is 13.1. The lowest BCUT2D eigenvalue weighted by molar-refractivity contribution is -0.128. The number of nitrogens with zero attached hydrogens (tertiary/aromatic N) is 2. The Balaban J connectivity index is 1.69. The predicted molar refractivity (Wildman–Crippen MR) is 111 cm³/mol. The van der Waals surface area contributed by atoms with Crippen LogP contribution >= 0.6 is 12.2 Å². The Hall–Kier alpha value is -2.21. The van der Waals surface area contributed by atoms with Gasteiger partial charge in [-0.05, 0) is 79.2 Å². The topological polar surface area (TPSA) is 52.7 Å². The van der Waals surface area contributed by atoms with Crippen molar-refractivity contribution < 1.29 is 9.59 Å². The zero-order valence-corrected chi connectivity index (χ0v) is 16.5. The number of carbonyl (C=O) groups is 2. The highest BCUT2D eigenvalue weighted by molar-refractivity contribution is 7.80. The van der Waals surface area contributed by atoms with E-state index in [0.29, 0.717) is 6.54 Å². The molecule has 27 heavy (non-hydrogen) atoms. The lowest BCUT2D eigenvalue weighted by Crippen LogP contribution is -2.54. The molecule has 0 spiro atoms. The van der Waals surface area contributed by atoms with E-state index in [-0.39, 0.29) is 16.6 Å². The Bertz CT molecular complexity index is 815. The Morgan fingerprint density at radius 2 is 1.81 bits per heavy atom. The van der Waals surface area contributed by atoms with Crippen LogP contribution < -0.4 is 10.2 Å². The number of thiocarbonyl (C=S) groups is 1. The molecule has 0 unspecified atom stereocenters. The molecule has 1 aromatic carbocycles. The van der Waals surface area contributed by atoms with Gasteiger partial charge in [0.15, 0.2) is 5.11 Å². The van der Waals surface area contributed by atoms with Crippen LogP contribution in [0.15, 0.2) is 17.7 Å². The molecule has 0 bridgehead atoms. The molecule has 5 nitrogen and oxygen atoms in total. The number of benzene rings is 1. The maximum absolute atomic E-state index is 12.9. The smallest absolute Gasteiger partial charge is 0.265 e. The van der Waals surface area contributed by atoms with Gasteiger partial charge in [-0.25, -0.2) is 0 Å². The van der Waals surface area contributed by atoms with Gasteiger partial charge in [-0.1, -0.05) is 13.3 Å². The quantitative estimate of drug-likeness (QED) is 0.494. The van der Waals surface area contributed by atoms with Crippen LogP contribution in [-0.4, -0.2) is 41.5 Å². The number of hydrogen-bond donors (Lipinski definition) is 1. The molecule has 0 aromatic heterocycles. The van der Waals surface area contributed by atoms with E-state index in [1.54, 1.807) is 6.08 Å². The van der Waals surface area contributed by atoms with E-state index < -0.39 is 5.91 Å². The van der Waals surface area contributed by atoms with Gasteiger partial charge in [-0.15, -0.1) is 0 Å². The number of amides is 2. The van der Waals surface area contributed by atoms with Crippen LogP contribution in [0, 0.1) is 0 Å². The van der Waals surface area contributed by atoms with Crippen molar-refractivity contribution in [2.75, 3.05) is 24.5 Å². The second kappa shape index (κ2) is 7.43. The van der Waals surface area contributed by atoms with Crippen LogP contribution in [0.3, 0.4) is 0 Å². The summed E-state index contributed by atoms with van der Waals surface area (Å²) >= 11 is 5.19. The average Bonchev–Trinajstić information content (AvgIpc) is 2.65. The summed E-state index contributed by atoms with van der Waals surface area (Å²) in [6.07, 6.45) is 7.99. The Labute approximate surface area is 165 Å². The third-order valence-corrected chi connectivity index (χ3v) is 5.91. The first-order valence-electron chi connectivity index (χ1n) is 9.88. The van der Waals surface area contributed by atoms with Gasteiger partial charge < -0.3 is 4.90 Å². The zero-order valence-electron chi connectivity index (χ0n) is 15.7. The molecule has 0 saturated carbocycles. The summed E-state index contributed by atoms with van der Waals surface area (Å²) in [5.41, 5.74) is 5.18. The van der Waals surface area contributed by atoms with Crippen molar-refractivity contribution >= 4 is 40.9 Å². The van der Waals surface area contributed by atoms with Crippen molar-refractivity contribution in [3.63, 3.8) is 0 Å². The van der Waals surface area contributed by atoms with Gasteiger partial charge in [0.1, 0.15) is 5.57 Å². The van der Waals surface area contributed by atoms with Gasteiger partial charge in [0.05, 0.1) is 0 Å². The average molecular weight is 384 g/mol. The van der Waals surface area contributed by atoms with Crippen molar-refractivity contribution in [3.8, 4) is 0 Å². The van der Waals surface area contributed by atoms with Crippen LogP contribution in [-0.2, 0) is 22.4 Å². The highest BCUT2D eigenvalue weighted by Crippen LogP contribution is 2.36. The van der Waals surface area contributed by atoms with Crippen molar-refractivity contribution in [3.05, 3.63) is 34.4 Å². The van der Waals surface area contributed by atoms with Crippen LogP contribution in [0.25, 0.3) is 6.08 Å². The fourth-order valence-electron chi connectivity index (χ4n) is 4.29. The number of rotatable bonds is 4. The van der Waals surface area contributed by atoms with Crippen LogP contribution in [0.4, 0.5) is 5.69 Å². The molecule has 3 heterocycles. The second-order valence-electron chi connectivity index (χ2n) is 7.51. The lowest BCUT2D eigenvalue weighted by atomic mass is 9.89. The first-order valence-corrected chi connectivity index (χ1v) is 10.3. The maximum Gasteiger partial charge on any atom is 0.265 e. The molecule has 3 aliphatic heterocycles. The molecule has 3 aliphatic rings. The van der Waals surface area contributed by atoms with Gasteiger partial charge in [0.25, 0.3) is 11.8 Å². The second-order valence-corrected chi connectivity index (χ2v) is 7.90. The molecule has 0 atom stereocenters. The molecule has 142 valence electrons. The molecule has 0 aliphatic carbocycles. The first kappa shape index (κ1) is 18.2. The van der Waals surface area contributed by atoms with Crippen molar-refractivity contribution in [1.82, 2.24) is 10.2 Å². The van der Waals surface area contributed by atoms with Gasteiger partial charge >= 0.3 is 0 Å². The van der Waals surface area contributed by atoms with Crippen molar-refractivity contribution in [2.45, 2.75) is 45.4 Å². The van der Waals surface area contributed by atoms with E-state index in [0.717, 1.165) is 57.2 Å². The largest absolute Gasteiger partial charge is 0.371 e. The summed E-state index contributed by atoms with van der Waals surface area (Å²) in [6.45, 7) is 4.86. The molecule has 1 aromatic rings. The van der Waals surface area contributed by atoms with E-state index in [4.69, 9.17) is 12.2 Å². The van der Waals surface area contributed by atoms with E-state index in [1.165, 1.54) is 21.7 Å². The minimum absolute atomic E-state index is 0.176. The zero-order chi connectivity index (χ0) is 19.0. The fraction of sp³-hybridized carbons (Fsp3) is 0.476. The highest BCUT2D eigenvalue weighted by atomic mass is 32.1. The number of aryl methyl sites for hydroxylation is 2. The molecule has 0 radical (unpaired) electrons. The Kier molecular flexibility index (Phi) is 5.00. The third kappa shape index (κ3) is 3.38. The minimum Gasteiger partial charge on any atom is -0.371 e. The minimum atomic E-state index is -0.397. The lowest BCUT2D eigenvalue weighted by Gasteiger charge is -2.37. The van der Waals surface area contributed by atoms with Crippen molar-refractivity contribution in [1.29, 1.82) is 0 Å². The van der Waals surface area contributed by atoms with E-state index in [2.05, 4.69) is 29.3 Å². The number of hydrogen-bond acceptors (Lipinski definition) is 4. The van der Waals surface area contributed by atoms with Gasteiger partial charge in [-0.3, -0.25) is 19.8 Å². The summed E-state index contributed by atoms with van der Waals surface area (Å²) in [6, 6.07) is 4.29. The van der Waals surface area contributed by atoms with Crippen molar-refractivity contribution in [2.24, 2.45) is 0 Å². The molecule has 1 N–H and O–H groups in total. The molecular weight excluding hydrogens is 358 g/mol. The number of nitrogens with one attached hydrogen (secondary N) is 1. The summed E-state index contributed by atoms with van der Waals surface area (Å²) in [5.74, 6) is -0.684. The summed E-state index contributed by atoms with van der Waals surface area (Å²) in [5, 5.41) is 2.88. The number of anilines is 1. The molecule has 2 amide bonds. The number of unbranched alkanes of at least 4 members (excludes halogenated alkanes) is 1. The Morgan fingerprint density at radius 3 is 2.44 bits per heavy atom. The molecule has 6 heteroatoms. The van der Waals surface area contributed by atoms with Crippen LogP contribution in [0.2, 0.25) is 0 Å². The summed E-state index contributed by atoms with van der Waals surface area (Å²) in [4.78, 5) is 29.3.